The van der Waals surface area contributed by atoms with E-state index >= 15 is 0 Å². The molecule has 1 aromatic carbocycles. The van der Waals surface area contributed by atoms with E-state index in [9.17, 15) is 0 Å². The Labute approximate surface area is 103 Å². The van der Waals surface area contributed by atoms with Crippen LogP contribution in [0.5, 0.6) is 0 Å². The molecule has 1 atom stereocenters. The smallest absolute Gasteiger partial charge is 0.0767 e. The van der Waals surface area contributed by atoms with Gasteiger partial charge in [-0.05, 0) is 38.4 Å². The van der Waals surface area contributed by atoms with Crippen molar-refractivity contribution in [2.75, 3.05) is 13.1 Å². The fourth-order valence-electron chi connectivity index (χ4n) is 2.58. The number of nitrogens with zero attached hydrogens (tertiary/aromatic N) is 2. The van der Waals surface area contributed by atoms with E-state index in [0.717, 1.165) is 18.8 Å². The molecule has 0 amide bonds. The molecule has 1 saturated heterocycles. The zero-order valence-electron chi connectivity index (χ0n) is 10.3. The van der Waals surface area contributed by atoms with Crippen LogP contribution >= 0.6 is 0 Å². The average molecular weight is 232 g/mol. The Morgan fingerprint density at radius 2 is 1.82 bits per heavy atom. The number of oxime groups is 1. The molecule has 0 aromatic heterocycles. The third kappa shape index (κ3) is 2.86. The summed E-state index contributed by atoms with van der Waals surface area (Å²) in [5, 5.41) is 12.5. The zero-order chi connectivity index (χ0) is 12.1. The van der Waals surface area contributed by atoms with Crippen LogP contribution in [0.3, 0.4) is 0 Å². The third-order valence-corrected chi connectivity index (χ3v) is 3.42. The molecule has 0 aliphatic carbocycles. The van der Waals surface area contributed by atoms with Crippen LogP contribution < -0.4 is 0 Å². The second kappa shape index (κ2) is 5.82. The summed E-state index contributed by atoms with van der Waals surface area (Å²) in [7, 11) is 0. The number of likely N-dealkylation sites (tertiary alicyclic amines) is 1. The largest absolute Gasteiger partial charge is 0.411 e. The summed E-state index contributed by atoms with van der Waals surface area (Å²) >= 11 is 0. The normalized spacial score (nSPS) is 20.2. The predicted octanol–water partition coefficient (Wildman–Crippen LogP) is 3.06. The van der Waals surface area contributed by atoms with Crippen LogP contribution in [0.4, 0.5) is 0 Å². The van der Waals surface area contributed by atoms with Gasteiger partial charge in [0.1, 0.15) is 0 Å². The minimum absolute atomic E-state index is 0.126. The van der Waals surface area contributed by atoms with Crippen LogP contribution in [-0.4, -0.2) is 28.9 Å². The van der Waals surface area contributed by atoms with Gasteiger partial charge in [0.2, 0.25) is 0 Å². The maximum atomic E-state index is 9.06. The first-order chi connectivity index (χ1) is 8.33. The Hall–Kier alpha value is -1.35. The molecule has 0 spiro atoms. The van der Waals surface area contributed by atoms with Crippen LogP contribution in [0.1, 0.15) is 37.8 Å². The molecule has 1 fully saturated rings. The molecule has 0 bridgehead atoms. The molecule has 1 aliphatic heterocycles. The van der Waals surface area contributed by atoms with Crippen molar-refractivity contribution in [2.45, 2.75) is 32.2 Å². The summed E-state index contributed by atoms with van der Waals surface area (Å²) in [5.41, 5.74) is 1.99. The van der Waals surface area contributed by atoms with Crippen LogP contribution in [0.2, 0.25) is 0 Å². The van der Waals surface area contributed by atoms with E-state index in [0.29, 0.717) is 0 Å². The van der Waals surface area contributed by atoms with E-state index in [4.69, 9.17) is 5.21 Å². The molecule has 0 saturated carbocycles. The van der Waals surface area contributed by atoms with Crippen molar-refractivity contribution < 1.29 is 5.21 Å². The van der Waals surface area contributed by atoms with E-state index in [1.807, 2.05) is 25.1 Å². The van der Waals surface area contributed by atoms with Gasteiger partial charge in [-0.15, -0.1) is 0 Å². The topological polar surface area (TPSA) is 35.8 Å². The summed E-state index contributed by atoms with van der Waals surface area (Å²) in [6.45, 7) is 4.07. The molecule has 1 heterocycles. The van der Waals surface area contributed by atoms with Gasteiger partial charge in [0.15, 0.2) is 0 Å². The second-order valence-electron chi connectivity index (χ2n) is 4.65. The standard InChI is InChI=1S/C14H20N2O/c1-12(15-17)14(13-8-4-2-5-9-13)16-10-6-3-7-11-16/h2,4-5,8-9,14,17H,3,6-7,10-11H2,1H3/b15-12+/t14-/m1/s1. The molecule has 2 rings (SSSR count). The molecular formula is C14H20N2O. The number of hydrogen-bond donors (Lipinski definition) is 1. The molecule has 92 valence electrons. The number of rotatable bonds is 3. The summed E-state index contributed by atoms with van der Waals surface area (Å²) in [4.78, 5) is 2.41. The number of benzene rings is 1. The van der Waals surface area contributed by atoms with Crippen LogP contribution in [-0.2, 0) is 0 Å². The highest BCUT2D eigenvalue weighted by molar-refractivity contribution is 5.87. The first kappa shape index (κ1) is 12.1. The number of hydrogen-bond acceptors (Lipinski definition) is 3. The Balaban J connectivity index is 2.25. The second-order valence-corrected chi connectivity index (χ2v) is 4.65. The first-order valence-corrected chi connectivity index (χ1v) is 6.30. The highest BCUT2D eigenvalue weighted by Gasteiger charge is 2.24. The average Bonchev–Trinajstić information content (AvgIpc) is 2.41. The van der Waals surface area contributed by atoms with E-state index in [1.165, 1.54) is 24.8 Å². The van der Waals surface area contributed by atoms with E-state index < -0.39 is 0 Å². The van der Waals surface area contributed by atoms with Crippen LogP contribution in [0.15, 0.2) is 35.5 Å². The van der Waals surface area contributed by atoms with Gasteiger partial charge in [-0.25, -0.2) is 0 Å². The van der Waals surface area contributed by atoms with E-state index in [-0.39, 0.29) is 6.04 Å². The first-order valence-electron chi connectivity index (χ1n) is 6.30. The van der Waals surface area contributed by atoms with Crippen LogP contribution in [0.25, 0.3) is 0 Å². The highest BCUT2D eigenvalue weighted by atomic mass is 16.4. The summed E-state index contributed by atoms with van der Waals surface area (Å²) in [5.74, 6) is 0. The maximum Gasteiger partial charge on any atom is 0.0767 e. The highest BCUT2D eigenvalue weighted by Crippen LogP contribution is 2.25. The molecular weight excluding hydrogens is 212 g/mol. The number of piperidine rings is 1. The van der Waals surface area contributed by atoms with Crippen molar-refractivity contribution in [1.29, 1.82) is 0 Å². The van der Waals surface area contributed by atoms with Gasteiger partial charge in [-0.2, -0.15) is 0 Å². The van der Waals surface area contributed by atoms with Gasteiger partial charge in [-0.1, -0.05) is 41.9 Å². The Kier molecular flexibility index (Phi) is 4.15. The van der Waals surface area contributed by atoms with Crippen molar-refractivity contribution in [3.8, 4) is 0 Å². The van der Waals surface area contributed by atoms with Crippen LogP contribution in [0, 0.1) is 0 Å². The lowest BCUT2D eigenvalue weighted by Gasteiger charge is -2.34. The SMILES string of the molecule is C/C(=N\O)[C@H](c1ccccc1)N1CCCCC1. The fraction of sp³-hybridized carbons (Fsp3) is 0.500. The van der Waals surface area contributed by atoms with Crippen molar-refractivity contribution in [3.63, 3.8) is 0 Å². The van der Waals surface area contributed by atoms with Crippen molar-refractivity contribution >= 4 is 5.71 Å². The monoisotopic (exact) mass is 232 g/mol. The van der Waals surface area contributed by atoms with E-state index in [2.05, 4.69) is 22.2 Å². The van der Waals surface area contributed by atoms with Crippen molar-refractivity contribution in [1.82, 2.24) is 4.90 Å². The molecule has 3 nitrogen and oxygen atoms in total. The zero-order valence-corrected chi connectivity index (χ0v) is 10.3. The molecule has 0 unspecified atom stereocenters. The van der Waals surface area contributed by atoms with Gasteiger partial charge in [0.05, 0.1) is 11.8 Å². The summed E-state index contributed by atoms with van der Waals surface area (Å²) in [6, 6.07) is 10.4. The predicted molar refractivity (Wildman–Crippen MR) is 69.5 cm³/mol. The maximum absolute atomic E-state index is 9.06. The Morgan fingerprint density at radius 3 is 2.41 bits per heavy atom. The fourth-order valence-corrected chi connectivity index (χ4v) is 2.58. The van der Waals surface area contributed by atoms with Gasteiger partial charge in [0.25, 0.3) is 0 Å². The van der Waals surface area contributed by atoms with Gasteiger partial charge in [0, 0.05) is 0 Å². The lowest BCUT2D eigenvalue weighted by molar-refractivity contribution is 0.197. The molecule has 1 N–H and O–H groups in total. The minimum Gasteiger partial charge on any atom is -0.411 e. The van der Waals surface area contributed by atoms with Crippen molar-refractivity contribution in [2.24, 2.45) is 5.16 Å². The van der Waals surface area contributed by atoms with Gasteiger partial charge < -0.3 is 5.21 Å². The third-order valence-electron chi connectivity index (χ3n) is 3.42. The van der Waals surface area contributed by atoms with Gasteiger partial charge >= 0.3 is 0 Å². The van der Waals surface area contributed by atoms with Gasteiger partial charge in [-0.3, -0.25) is 4.90 Å². The van der Waals surface area contributed by atoms with Crippen molar-refractivity contribution in [3.05, 3.63) is 35.9 Å². The summed E-state index contributed by atoms with van der Waals surface area (Å²) < 4.78 is 0. The minimum atomic E-state index is 0.126. The molecule has 17 heavy (non-hydrogen) atoms. The molecule has 3 heteroatoms. The lowest BCUT2D eigenvalue weighted by Crippen LogP contribution is -2.37. The lowest BCUT2D eigenvalue weighted by atomic mass is 9.98. The quantitative estimate of drug-likeness (QED) is 0.494. The Morgan fingerprint density at radius 1 is 1.18 bits per heavy atom. The van der Waals surface area contributed by atoms with E-state index in [1.54, 1.807) is 0 Å². The Bertz CT molecular complexity index is 369. The molecule has 0 radical (unpaired) electrons. The molecule has 1 aromatic rings. The summed E-state index contributed by atoms with van der Waals surface area (Å²) in [6.07, 6.45) is 3.79. The molecule has 1 aliphatic rings.